The van der Waals surface area contributed by atoms with Gasteiger partial charge in [-0.1, -0.05) is 30.2 Å². The van der Waals surface area contributed by atoms with Gasteiger partial charge in [0.05, 0.1) is 29.5 Å². The van der Waals surface area contributed by atoms with Crippen molar-refractivity contribution >= 4 is 32.6 Å². The fraction of sp³-hybridized carbons (Fsp3) is 0.538. The van der Waals surface area contributed by atoms with Crippen LogP contribution in [-0.2, 0) is 20.9 Å². The molecule has 1 aliphatic heterocycles. The second-order valence-corrected chi connectivity index (χ2v) is 10.8. The predicted octanol–water partition coefficient (Wildman–Crippen LogP) is 4.26. The number of morpholine rings is 1. The molecule has 184 valence electrons. The Kier molecular flexibility index (Phi) is 6.73. The topological polar surface area (TPSA) is 89.5 Å². The van der Waals surface area contributed by atoms with E-state index in [-0.39, 0.29) is 11.8 Å². The van der Waals surface area contributed by atoms with Crippen molar-refractivity contribution in [2.75, 3.05) is 31.6 Å². The Morgan fingerprint density at radius 3 is 2.66 bits per heavy atom. The Hall–Kier alpha value is -2.46. The van der Waals surface area contributed by atoms with Crippen molar-refractivity contribution in [2.24, 2.45) is 5.92 Å². The van der Waals surface area contributed by atoms with Crippen LogP contribution in [0, 0.1) is 5.92 Å². The number of benzene rings is 1. The first-order chi connectivity index (χ1) is 17.2. The van der Waals surface area contributed by atoms with Gasteiger partial charge < -0.3 is 14.8 Å². The molecule has 1 amide bonds. The van der Waals surface area contributed by atoms with Gasteiger partial charge in [-0.05, 0) is 43.4 Å². The summed E-state index contributed by atoms with van der Waals surface area (Å²) in [4.78, 5) is 28.8. The molecule has 3 fully saturated rings. The van der Waals surface area contributed by atoms with Gasteiger partial charge in [0.2, 0.25) is 5.91 Å². The molecule has 0 spiro atoms. The van der Waals surface area contributed by atoms with E-state index in [2.05, 4.69) is 31.2 Å². The predicted molar refractivity (Wildman–Crippen MR) is 135 cm³/mol. The highest BCUT2D eigenvalue weighted by molar-refractivity contribution is 7.22. The van der Waals surface area contributed by atoms with E-state index in [0.29, 0.717) is 23.9 Å². The molecule has 0 bridgehead atoms. The summed E-state index contributed by atoms with van der Waals surface area (Å²) < 4.78 is 12.4. The monoisotopic (exact) mass is 493 g/mol. The second-order valence-electron chi connectivity index (χ2n) is 9.77. The molecule has 0 atom stereocenters. The minimum atomic E-state index is 0.0683. The van der Waals surface area contributed by atoms with E-state index in [1.54, 1.807) is 0 Å². The highest BCUT2D eigenvalue weighted by atomic mass is 32.1. The quantitative estimate of drug-likeness (QED) is 0.526. The zero-order valence-electron chi connectivity index (χ0n) is 19.8. The van der Waals surface area contributed by atoms with Gasteiger partial charge in [0.1, 0.15) is 6.61 Å². The minimum Gasteiger partial charge on any atom is -0.379 e. The molecule has 2 saturated carbocycles. The Morgan fingerprint density at radius 2 is 1.89 bits per heavy atom. The summed E-state index contributed by atoms with van der Waals surface area (Å²) in [6.07, 6.45) is 10.7. The smallest absolute Gasteiger partial charge is 0.229 e. The maximum atomic E-state index is 12.7. The average Bonchev–Trinajstić information content (AvgIpc) is 3.52. The molecular weight excluding hydrogens is 462 g/mol. The first-order valence-corrected chi connectivity index (χ1v) is 13.5. The number of carbonyl (C=O) groups excluding carboxylic acids is 1. The average molecular weight is 494 g/mol. The van der Waals surface area contributed by atoms with Crippen molar-refractivity contribution < 1.29 is 14.3 Å². The summed E-state index contributed by atoms with van der Waals surface area (Å²) in [6.45, 7) is 4.01. The zero-order chi connectivity index (χ0) is 23.6. The van der Waals surface area contributed by atoms with E-state index in [0.717, 1.165) is 79.2 Å². The van der Waals surface area contributed by atoms with E-state index in [1.165, 1.54) is 24.2 Å². The molecule has 2 aliphatic carbocycles. The molecule has 3 aromatic rings. The number of aromatic nitrogens is 3. The summed E-state index contributed by atoms with van der Waals surface area (Å²) in [5, 5.41) is 3.71. The molecule has 1 aromatic carbocycles. The van der Waals surface area contributed by atoms with E-state index in [4.69, 9.17) is 9.47 Å². The lowest BCUT2D eigenvalue weighted by Crippen LogP contribution is -2.51. The molecule has 2 aromatic heterocycles. The number of carbonyl (C=O) groups is 1. The number of amides is 1. The molecule has 6 rings (SSSR count). The Morgan fingerprint density at radius 1 is 1.11 bits per heavy atom. The summed E-state index contributed by atoms with van der Waals surface area (Å²) in [5.41, 5.74) is 2.88. The third kappa shape index (κ3) is 5.23. The Balaban J connectivity index is 1.06. The van der Waals surface area contributed by atoms with Crippen LogP contribution in [-0.4, -0.2) is 64.2 Å². The van der Waals surface area contributed by atoms with Crippen LogP contribution in [0.5, 0.6) is 0 Å². The van der Waals surface area contributed by atoms with Gasteiger partial charge in [-0.2, -0.15) is 0 Å². The van der Waals surface area contributed by atoms with E-state index in [1.807, 2.05) is 24.5 Å². The lowest BCUT2D eigenvalue weighted by molar-refractivity contribution is -0.125. The third-order valence-electron chi connectivity index (χ3n) is 7.45. The van der Waals surface area contributed by atoms with Crippen LogP contribution < -0.4 is 5.32 Å². The van der Waals surface area contributed by atoms with Gasteiger partial charge in [-0.15, -0.1) is 0 Å². The molecule has 35 heavy (non-hydrogen) atoms. The van der Waals surface area contributed by atoms with Crippen LogP contribution in [0.2, 0.25) is 0 Å². The standard InChI is InChI=1S/C26H31N5O3S/c32-25(18-11-20(12-18)31-7-9-33-10-8-31)30-26-29-22-6-5-17(13-23(22)35-26)19-14-27-24(28-15-19)16-34-21-3-1-2-4-21/h5-6,13-15,18,20-21H,1-4,7-12,16H2,(H,29,30,32). The number of rotatable bonds is 7. The lowest BCUT2D eigenvalue weighted by Gasteiger charge is -2.43. The molecule has 3 aliphatic rings. The molecule has 8 nitrogen and oxygen atoms in total. The number of thiazole rings is 1. The highest BCUT2D eigenvalue weighted by Crippen LogP contribution is 2.35. The summed E-state index contributed by atoms with van der Waals surface area (Å²) in [5.74, 6) is 0.868. The van der Waals surface area contributed by atoms with E-state index in [9.17, 15) is 4.79 Å². The van der Waals surface area contributed by atoms with Gasteiger partial charge in [-0.3, -0.25) is 9.69 Å². The molecular formula is C26H31N5O3S. The molecule has 3 heterocycles. The molecule has 1 saturated heterocycles. The van der Waals surface area contributed by atoms with Crippen LogP contribution in [0.15, 0.2) is 30.6 Å². The number of hydrogen-bond donors (Lipinski definition) is 1. The largest absolute Gasteiger partial charge is 0.379 e. The number of nitrogens with one attached hydrogen (secondary N) is 1. The maximum absolute atomic E-state index is 12.7. The number of anilines is 1. The second kappa shape index (κ2) is 10.3. The zero-order valence-corrected chi connectivity index (χ0v) is 20.6. The normalized spacial score (nSPS) is 23.4. The Bertz CT molecular complexity index is 1170. The van der Waals surface area contributed by atoms with Gasteiger partial charge in [0, 0.05) is 43.0 Å². The number of hydrogen-bond acceptors (Lipinski definition) is 8. The van der Waals surface area contributed by atoms with Crippen molar-refractivity contribution in [3.8, 4) is 11.1 Å². The fourth-order valence-corrected chi connectivity index (χ4v) is 6.14. The van der Waals surface area contributed by atoms with Gasteiger partial charge >= 0.3 is 0 Å². The molecule has 0 unspecified atom stereocenters. The fourth-order valence-electron chi connectivity index (χ4n) is 5.23. The van der Waals surface area contributed by atoms with Gasteiger partial charge in [-0.25, -0.2) is 15.0 Å². The molecule has 1 N–H and O–H groups in total. The van der Waals surface area contributed by atoms with Crippen molar-refractivity contribution in [3.05, 3.63) is 36.4 Å². The first kappa shape index (κ1) is 23.0. The van der Waals surface area contributed by atoms with Crippen molar-refractivity contribution in [2.45, 2.75) is 57.3 Å². The first-order valence-electron chi connectivity index (χ1n) is 12.7. The van der Waals surface area contributed by atoms with Gasteiger partial charge in [0.25, 0.3) is 0 Å². The molecule has 9 heteroatoms. The molecule has 0 radical (unpaired) electrons. The van der Waals surface area contributed by atoms with Crippen molar-refractivity contribution in [3.63, 3.8) is 0 Å². The van der Waals surface area contributed by atoms with E-state index < -0.39 is 0 Å². The highest BCUT2D eigenvalue weighted by Gasteiger charge is 2.38. The van der Waals surface area contributed by atoms with Crippen LogP contribution >= 0.6 is 11.3 Å². The van der Waals surface area contributed by atoms with Crippen LogP contribution in [0.4, 0.5) is 5.13 Å². The number of fused-ring (bicyclic) bond motifs is 1. The maximum Gasteiger partial charge on any atom is 0.229 e. The third-order valence-corrected chi connectivity index (χ3v) is 8.39. The SMILES string of the molecule is O=C(Nc1nc2ccc(-c3cnc(COC4CCCC4)nc3)cc2s1)C1CC(N2CCOCC2)C1. The van der Waals surface area contributed by atoms with Crippen LogP contribution in [0.3, 0.4) is 0 Å². The minimum absolute atomic E-state index is 0.0683. The van der Waals surface area contributed by atoms with Crippen LogP contribution in [0.1, 0.15) is 44.3 Å². The van der Waals surface area contributed by atoms with Gasteiger partial charge in [0.15, 0.2) is 11.0 Å². The number of ether oxygens (including phenoxy) is 2. The van der Waals surface area contributed by atoms with Crippen molar-refractivity contribution in [1.82, 2.24) is 19.9 Å². The Labute approximate surface area is 209 Å². The summed E-state index contributed by atoms with van der Waals surface area (Å²) in [7, 11) is 0. The lowest BCUT2D eigenvalue weighted by atomic mass is 9.78. The van der Waals surface area contributed by atoms with Crippen molar-refractivity contribution in [1.29, 1.82) is 0 Å². The summed E-state index contributed by atoms with van der Waals surface area (Å²) >= 11 is 1.51. The van der Waals surface area contributed by atoms with Crippen LogP contribution in [0.25, 0.3) is 21.3 Å². The summed E-state index contributed by atoms with van der Waals surface area (Å²) in [6, 6.07) is 6.62. The van der Waals surface area contributed by atoms with E-state index >= 15 is 0 Å². The number of nitrogens with zero attached hydrogens (tertiary/aromatic N) is 4.